The summed E-state index contributed by atoms with van der Waals surface area (Å²) in [6.45, 7) is 5.43. The number of rotatable bonds is 3. The standard InChI is InChI=1S/C13H19NO3S/c1-13(2,3)17-12(15)9-10-6-5-7-11(8-10)18(4,14)16/h5-8,14H,9H2,1-4H3. The summed E-state index contributed by atoms with van der Waals surface area (Å²) in [4.78, 5) is 12.1. The van der Waals surface area contributed by atoms with E-state index in [1.807, 2.05) is 20.8 Å². The van der Waals surface area contributed by atoms with Crippen molar-refractivity contribution < 1.29 is 13.7 Å². The number of hydrogen-bond donors (Lipinski definition) is 1. The van der Waals surface area contributed by atoms with Crippen molar-refractivity contribution >= 4 is 15.7 Å². The molecule has 1 atom stereocenters. The van der Waals surface area contributed by atoms with Gasteiger partial charge in [-0.1, -0.05) is 12.1 Å². The van der Waals surface area contributed by atoms with Crippen LogP contribution >= 0.6 is 0 Å². The van der Waals surface area contributed by atoms with Gasteiger partial charge < -0.3 is 4.74 Å². The second-order valence-electron chi connectivity index (χ2n) is 5.25. The summed E-state index contributed by atoms with van der Waals surface area (Å²) in [5, 5.41) is 0. The lowest BCUT2D eigenvalue weighted by Crippen LogP contribution is -2.24. The third-order valence-electron chi connectivity index (χ3n) is 2.12. The molecule has 1 rings (SSSR count). The monoisotopic (exact) mass is 269 g/mol. The highest BCUT2D eigenvalue weighted by molar-refractivity contribution is 7.91. The SMILES string of the molecule is CC(C)(C)OC(=O)Cc1cccc(S(C)(=N)=O)c1. The van der Waals surface area contributed by atoms with Crippen molar-refractivity contribution in [2.24, 2.45) is 0 Å². The maximum absolute atomic E-state index is 11.6. The third-order valence-corrected chi connectivity index (χ3v) is 3.27. The zero-order chi connectivity index (χ0) is 14.0. The zero-order valence-corrected chi connectivity index (χ0v) is 12.0. The van der Waals surface area contributed by atoms with E-state index in [0.717, 1.165) is 0 Å². The van der Waals surface area contributed by atoms with Crippen molar-refractivity contribution in [3.05, 3.63) is 29.8 Å². The highest BCUT2D eigenvalue weighted by atomic mass is 32.2. The summed E-state index contributed by atoms with van der Waals surface area (Å²) in [5.41, 5.74) is 0.200. The first-order valence-corrected chi connectivity index (χ1v) is 7.59. The van der Waals surface area contributed by atoms with Gasteiger partial charge in [-0.25, -0.2) is 8.99 Å². The first-order chi connectivity index (χ1) is 8.08. The summed E-state index contributed by atoms with van der Waals surface area (Å²) in [7, 11) is -2.75. The average molecular weight is 269 g/mol. The molecule has 0 spiro atoms. The lowest BCUT2D eigenvalue weighted by Gasteiger charge is -2.19. The summed E-state index contributed by atoms with van der Waals surface area (Å²) < 4.78 is 24.3. The van der Waals surface area contributed by atoms with Crippen LogP contribution in [-0.2, 0) is 25.7 Å². The summed E-state index contributed by atoms with van der Waals surface area (Å²) in [5.74, 6) is -0.327. The van der Waals surface area contributed by atoms with E-state index in [1.165, 1.54) is 6.26 Å². The molecule has 100 valence electrons. The number of hydrogen-bond acceptors (Lipinski definition) is 4. The predicted molar refractivity (Wildman–Crippen MR) is 71.0 cm³/mol. The van der Waals surface area contributed by atoms with Gasteiger partial charge in [-0.05, 0) is 38.5 Å². The Hall–Kier alpha value is -1.36. The molecule has 0 aliphatic heterocycles. The Morgan fingerprint density at radius 1 is 1.39 bits per heavy atom. The molecule has 1 aromatic rings. The summed E-state index contributed by atoms with van der Waals surface area (Å²) in [6, 6.07) is 6.72. The molecule has 1 unspecified atom stereocenters. The fourth-order valence-electron chi connectivity index (χ4n) is 1.44. The second kappa shape index (κ2) is 5.10. The molecule has 1 N–H and O–H groups in total. The van der Waals surface area contributed by atoms with E-state index >= 15 is 0 Å². The minimum absolute atomic E-state index is 0.126. The molecule has 0 aromatic heterocycles. The van der Waals surface area contributed by atoms with Crippen LogP contribution in [0.15, 0.2) is 29.2 Å². The summed E-state index contributed by atoms with van der Waals surface area (Å²) in [6.07, 6.45) is 1.49. The first-order valence-electron chi connectivity index (χ1n) is 5.62. The molecule has 0 radical (unpaired) electrons. The third kappa shape index (κ3) is 4.87. The highest BCUT2D eigenvalue weighted by Gasteiger charge is 2.16. The van der Waals surface area contributed by atoms with Crippen LogP contribution in [0.1, 0.15) is 26.3 Å². The van der Waals surface area contributed by atoms with Gasteiger partial charge in [0, 0.05) is 11.2 Å². The van der Waals surface area contributed by atoms with E-state index in [1.54, 1.807) is 24.3 Å². The van der Waals surface area contributed by atoms with Crippen LogP contribution in [0.3, 0.4) is 0 Å². The molecule has 0 saturated carbocycles. The van der Waals surface area contributed by atoms with Gasteiger partial charge in [0.05, 0.1) is 16.1 Å². The Morgan fingerprint density at radius 3 is 2.50 bits per heavy atom. The van der Waals surface area contributed by atoms with Crippen molar-refractivity contribution in [1.82, 2.24) is 0 Å². The molecule has 18 heavy (non-hydrogen) atoms. The van der Waals surface area contributed by atoms with Gasteiger partial charge in [0.25, 0.3) is 0 Å². The van der Waals surface area contributed by atoms with Crippen molar-refractivity contribution in [1.29, 1.82) is 4.78 Å². The van der Waals surface area contributed by atoms with Gasteiger partial charge in [0.15, 0.2) is 0 Å². The molecular formula is C13H19NO3S. The van der Waals surface area contributed by atoms with Crippen LogP contribution in [0.4, 0.5) is 0 Å². The molecule has 0 bridgehead atoms. The number of benzene rings is 1. The lowest BCUT2D eigenvalue weighted by atomic mass is 10.1. The minimum Gasteiger partial charge on any atom is -0.460 e. The zero-order valence-electron chi connectivity index (χ0n) is 11.1. The van der Waals surface area contributed by atoms with E-state index in [4.69, 9.17) is 9.52 Å². The molecule has 0 fully saturated rings. The van der Waals surface area contributed by atoms with E-state index < -0.39 is 15.3 Å². The van der Waals surface area contributed by atoms with Gasteiger partial charge >= 0.3 is 5.97 Å². The van der Waals surface area contributed by atoms with Crippen LogP contribution < -0.4 is 0 Å². The molecule has 4 nitrogen and oxygen atoms in total. The van der Waals surface area contributed by atoms with E-state index in [2.05, 4.69) is 0 Å². The molecule has 0 saturated heterocycles. The van der Waals surface area contributed by atoms with E-state index in [-0.39, 0.29) is 12.4 Å². The average Bonchev–Trinajstić information content (AvgIpc) is 2.13. The van der Waals surface area contributed by atoms with E-state index in [9.17, 15) is 9.00 Å². The van der Waals surface area contributed by atoms with Crippen LogP contribution in [0.2, 0.25) is 0 Å². The van der Waals surface area contributed by atoms with Crippen molar-refractivity contribution in [3.63, 3.8) is 0 Å². The number of carbonyl (C=O) groups is 1. The number of carbonyl (C=O) groups excluding carboxylic acids is 1. The molecule has 5 heteroatoms. The first kappa shape index (κ1) is 14.7. The van der Waals surface area contributed by atoms with Crippen LogP contribution in [0.5, 0.6) is 0 Å². The Bertz CT molecular complexity index is 542. The topological polar surface area (TPSA) is 67.2 Å². The largest absolute Gasteiger partial charge is 0.460 e. The van der Waals surface area contributed by atoms with Crippen LogP contribution in [0, 0.1) is 4.78 Å². The van der Waals surface area contributed by atoms with Gasteiger partial charge in [-0.15, -0.1) is 0 Å². The Kier molecular flexibility index (Phi) is 4.16. The smallest absolute Gasteiger partial charge is 0.310 e. The number of ether oxygens (including phenoxy) is 1. The van der Waals surface area contributed by atoms with Gasteiger partial charge in [0.1, 0.15) is 5.60 Å². The van der Waals surface area contributed by atoms with Gasteiger partial charge in [-0.3, -0.25) is 4.79 Å². The van der Waals surface area contributed by atoms with Crippen LogP contribution in [0.25, 0.3) is 0 Å². The summed E-state index contributed by atoms with van der Waals surface area (Å²) >= 11 is 0. The normalized spacial score (nSPS) is 14.9. The maximum atomic E-state index is 11.6. The molecule has 0 aliphatic rings. The van der Waals surface area contributed by atoms with Crippen molar-refractivity contribution in [2.45, 2.75) is 37.7 Å². The van der Waals surface area contributed by atoms with Gasteiger partial charge in [-0.2, -0.15) is 0 Å². The molecule has 0 heterocycles. The Labute approximate surface area is 108 Å². The van der Waals surface area contributed by atoms with E-state index in [0.29, 0.717) is 10.5 Å². The fraction of sp³-hybridized carbons (Fsp3) is 0.462. The molecule has 1 aromatic carbocycles. The van der Waals surface area contributed by atoms with Crippen molar-refractivity contribution in [2.75, 3.05) is 6.26 Å². The molecule has 0 amide bonds. The van der Waals surface area contributed by atoms with Crippen molar-refractivity contribution in [3.8, 4) is 0 Å². The molecular weight excluding hydrogens is 250 g/mol. The Morgan fingerprint density at radius 2 is 2.00 bits per heavy atom. The second-order valence-corrected chi connectivity index (χ2v) is 7.41. The fourth-order valence-corrected chi connectivity index (χ4v) is 2.16. The quantitative estimate of drug-likeness (QED) is 0.858. The lowest BCUT2D eigenvalue weighted by molar-refractivity contribution is -0.153. The predicted octanol–water partition coefficient (Wildman–Crippen LogP) is 2.61. The maximum Gasteiger partial charge on any atom is 0.310 e. The molecule has 0 aliphatic carbocycles. The highest BCUT2D eigenvalue weighted by Crippen LogP contribution is 2.14. The Balaban J connectivity index is 2.84. The minimum atomic E-state index is -2.75. The number of esters is 1. The van der Waals surface area contributed by atoms with Crippen LogP contribution in [-0.4, -0.2) is 22.0 Å². The van der Waals surface area contributed by atoms with Gasteiger partial charge in [0.2, 0.25) is 0 Å². The number of nitrogens with one attached hydrogen (secondary N) is 1.